The number of hydrogen-bond acceptors (Lipinski definition) is 7. The molecule has 0 radical (unpaired) electrons. The highest BCUT2D eigenvalue weighted by atomic mass is 35.5. The Bertz CT molecular complexity index is 866. The van der Waals surface area contributed by atoms with Crippen molar-refractivity contribution in [2.45, 2.75) is 13.2 Å². The van der Waals surface area contributed by atoms with Gasteiger partial charge in [0.05, 0.1) is 18.4 Å². The van der Waals surface area contributed by atoms with E-state index in [9.17, 15) is 4.79 Å². The molecule has 0 aliphatic heterocycles. The quantitative estimate of drug-likeness (QED) is 0.565. The van der Waals surface area contributed by atoms with Gasteiger partial charge in [-0.2, -0.15) is 0 Å². The van der Waals surface area contributed by atoms with Crippen LogP contribution in [0.1, 0.15) is 21.1 Å². The smallest absolute Gasteiger partial charge is 0.340 e. The molecule has 2 aromatic heterocycles. The average Bonchev–Trinajstić information content (AvgIpc) is 3.13. The molecule has 3 rings (SSSR count). The van der Waals surface area contributed by atoms with Crippen LogP contribution in [0.15, 0.2) is 48.0 Å². The topological polar surface area (TPSA) is 70.5 Å². The molecule has 1 aromatic carbocycles. The Hall–Kier alpha value is -2.64. The first-order valence-corrected chi connectivity index (χ1v) is 8.88. The van der Waals surface area contributed by atoms with Crippen LogP contribution < -0.4 is 9.47 Å². The van der Waals surface area contributed by atoms with E-state index >= 15 is 0 Å². The zero-order valence-corrected chi connectivity index (χ0v) is 15.4. The number of ether oxygens (including phenoxy) is 3. The molecule has 0 saturated carbocycles. The SMILES string of the molecule is COc1ccc(C(=O)OCc2csc(COc3ccc(Cl)cc3)n2)cn1. The summed E-state index contributed by atoms with van der Waals surface area (Å²) < 4.78 is 15.8. The number of aromatic nitrogens is 2. The van der Waals surface area contributed by atoms with Crippen LogP contribution >= 0.6 is 22.9 Å². The fraction of sp³-hybridized carbons (Fsp3) is 0.167. The third-order valence-corrected chi connectivity index (χ3v) is 4.43. The minimum Gasteiger partial charge on any atom is -0.486 e. The van der Waals surface area contributed by atoms with Crippen molar-refractivity contribution < 1.29 is 19.0 Å². The number of benzene rings is 1. The van der Waals surface area contributed by atoms with Crippen molar-refractivity contribution in [3.05, 3.63) is 69.3 Å². The van der Waals surface area contributed by atoms with Gasteiger partial charge in [-0.15, -0.1) is 11.3 Å². The summed E-state index contributed by atoms with van der Waals surface area (Å²) in [5.74, 6) is 0.683. The Kier molecular flexibility index (Phi) is 6.04. The summed E-state index contributed by atoms with van der Waals surface area (Å²) in [5, 5.41) is 3.28. The van der Waals surface area contributed by atoms with E-state index in [0.29, 0.717) is 34.5 Å². The monoisotopic (exact) mass is 390 g/mol. The molecule has 0 N–H and O–H groups in total. The summed E-state index contributed by atoms with van der Waals surface area (Å²) in [4.78, 5) is 20.4. The van der Waals surface area contributed by atoms with Crippen LogP contribution in [0.25, 0.3) is 0 Å². The molecule has 0 unspecified atom stereocenters. The third-order valence-electron chi connectivity index (χ3n) is 3.31. The molecule has 0 amide bonds. The molecule has 6 nitrogen and oxygen atoms in total. The van der Waals surface area contributed by atoms with E-state index in [0.717, 1.165) is 5.01 Å². The lowest BCUT2D eigenvalue weighted by molar-refractivity contribution is 0.0467. The summed E-state index contributed by atoms with van der Waals surface area (Å²) in [6.07, 6.45) is 1.41. The Morgan fingerprint density at radius 1 is 1.15 bits per heavy atom. The number of carbonyl (C=O) groups is 1. The number of nitrogens with zero attached hydrogens (tertiary/aromatic N) is 2. The van der Waals surface area contributed by atoms with Crippen molar-refractivity contribution in [2.24, 2.45) is 0 Å². The lowest BCUT2D eigenvalue weighted by Gasteiger charge is -2.04. The number of pyridine rings is 1. The van der Waals surface area contributed by atoms with Crippen LogP contribution in [0.5, 0.6) is 11.6 Å². The summed E-state index contributed by atoms with van der Waals surface area (Å²) in [6, 6.07) is 10.3. The predicted molar refractivity (Wildman–Crippen MR) is 97.8 cm³/mol. The van der Waals surface area contributed by atoms with E-state index in [4.69, 9.17) is 25.8 Å². The first-order chi connectivity index (χ1) is 12.6. The van der Waals surface area contributed by atoms with Crippen molar-refractivity contribution >= 4 is 28.9 Å². The van der Waals surface area contributed by atoms with Crippen LogP contribution in [0.2, 0.25) is 5.02 Å². The summed E-state index contributed by atoms with van der Waals surface area (Å²) in [5.41, 5.74) is 1.02. The summed E-state index contributed by atoms with van der Waals surface area (Å²) >= 11 is 7.28. The van der Waals surface area contributed by atoms with Gasteiger partial charge in [0.25, 0.3) is 0 Å². The third kappa shape index (κ3) is 4.93. The second-order valence-electron chi connectivity index (χ2n) is 5.14. The first-order valence-electron chi connectivity index (χ1n) is 7.63. The van der Waals surface area contributed by atoms with E-state index in [1.807, 2.05) is 5.38 Å². The lowest BCUT2D eigenvalue weighted by atomic mass is 10.3. The molecule has 134 valence electrons. The molecule has 2 heterocycles. The minimum atomic E-state index is -0.466. The molecule has 0 aliphatic carbocycles. The largest absolute Gasteiger partial charge is 0.486 e. The van der Waals surface area contributed by atoms with Gasteiger partial charge in [-0.25, -0.2) is 14.8 Å². The van der Waals surface area contributed by atoms with E-state index in [1.165, 1.54) is 24.6 Å². The number of carbonyl (C=O) groups excluding carboxylic acids is 1. The van der Waals surface area contributed by atoms with E-state index in [-0.39, 0.29) is 6.61 Å². The van der Waals surface area contributed by atoms with Crippen molar-refractivity contribution in [1.29, 1.82) is 0 Å². The highest BCUT2D eigenvalue weighted by Crippen LogP contribution is 2.18. The van der Waals surface area contributed by atoms with E-state index in [1.54, 1.807) is 36.4 Å². The average molecular weight is 391 g/mol. The van der Waals surface area contributed by atoms with Gasteiger partial charge in [0.2, 0.25) is 5.88 Å². The zero-order chi connectivity index (χ0) is 18.4. The van der Waals surface area contributed by atoms with E-state index in [2.05, 4.69) is 9.97 Å². The van der Waals surface area contributed by atoms with E-state index < -0.39 is 5.97 Å². The van der Waals surface area contributed by atoms with Crippen LogP contribution in [-0.4, -0.2) is 23.0 Å². The van der Waals surface area contributed by atoms with Gasteiger partial charge >= 0.3 is 5.97 Å². The highest BCUT2D eigenvalue weighted by Gasteiger charge is 2.10. The number of rotatable bonds is 7. The predicted octanol–water partition coefficient (Wildman–Crippen LogP) is 4.14. The second kappa shape index (κ2) is 8.64. The zero-order valence-electron chi connectivity index (χ0n) is 13.8. The van der Waals surface area contributed by atoms with Gasteiger partial charge in [-0.05, 0) is 30.3 Å². The maximum absolute atomic E-state index is 12.0. The van der Waals surface area contributed by atoms with Crippen molar-refractivity contribution in [3.63, 3.8) is 0 Å². The maximum Gasteiger partial charge on any atom is 0.340 e. The molecule has 0 aliphatic rings. The molecule has 0 saturated heterocycles. The Labute approximate surface area is 159 Å². The van der Waals surface area contributed by atoms with Gasteiger partial charge in [-0.1, -0.05) is 11.6 Å². The summed E-state index contributed by atoms with van der Waals surface area (Å²) in [7, 11) is 1.51. The van der Waals surface area contributed by atoms with Crippen LogP contribution in [0, 0.1) is 0 Å². The second-order valence-corrected chi connectivity index (χ2v) is 6.52. The Morgan fingerprint density at radius 2 is 1.96 bits per heavy atom. The molecule has 0 spiro atoms. The van der Waals surface area contributed by atoms with Gasteiger partial charge in [0.1, 0.15) is 24.0 Å². The molecule has 8 heteroatoms. The number of thiazole rings is 1. The molecule has 26 heavy (non-hydrogen) atoms. The standard InChI is InChI=1S/C18H15ClN2O4S/c1-23-16-7-2-12(8-20-16)18(22)25-9-14-11-26-17(21-14)10-24-15-5-3-13(19)4-6-15/h2-8,11H,9-10H2,1H3. The van der Waals surface area contributed by atoms with Crippen molar-refractivity contribution in [2.75, 3.05) is 7.11 Å². The Morgan fingerprint density at radius 3 is 2.65 bits per heavy atom. The Balaban J connectivity index is 1.49. The fourth-order valence-electron chi connectivity index (χ4n) is 2.00. The number of esters is 1. The molecular formula is C18H15ClN2O4S. The van der Waals surface area contributed by atoms with Gasteiger partial charge in [-0.3, -0.25) is 0 Å². The van der Waals surface area contributed by atoms with Gasteiger partial charge < -0.3 is 14.2 Å². The fourth-order valence-corrected chi connectivity index (χ4v) is 2.82. The number of methoxy groups -OCH3 is 1. The normalized spacial score (nSPS) is 10.4. The molecule has 0 fully saturated rings. The summed E-state index contributed by atoms with van der Waals surface area (Å²) in [6.45, 7) is 0.422. The number of halogens is 1. The maximum atomic E-state index is 12.0. The van der Waals surface area contributed by atoms with Crippen LogP contribution in [0.3, 0.4) is 0 Å². The first kappa shape index (κ1) is 18.2. The lowest BCUT2D eigenvalue weighted by Crippen LogP contribution is -2.06. The van der Waals surface area contributed by atoms with Crippen molar-refractivity contribution in [1.82, 2.24) is 9.97 Å². The van der Waals surface area contributed by atoms with Crippen LogP contribution in [0.4, 0.5) is 0 Å². The minimum absolute atomic E-state index is 0.0856. The number of hydrogen-bond donors (Lipinski definition) is 0. The molecule has 3 aromatic rings. The van der Waals surface area contributed by atoms with Gasteiger partial charge in [0.15, 0.2) is 0 Å². The highest BCUT2D eigenvalue weighted by molar-refractivity contribution is 7.09. The van der Waals surface area contributed by atoms with Crippen molar-refractivity contribution in [3.8, 4) is 11.6 Å². The van der Waals surface area contributed by atoms with Gasteiger partial charge in [0, 0.05) is 22.7 Å². The molecule has 0 atom stereocenters. The molecular weight excluding hydrogens is 376 g/mol. The molecule has 0 bridgehead atoms. The van der Waals surface area contributed by atoms with Crippen LogP contribution in [-0.2, 0) is 18.0 Å².